The van der Waals surface area contributed by atoms with E-state index in [9.17, 15) is 0 Å². The molecule has 20 aromatic rings. The highest BCUT2D eigenvalue weighted by atomic mass is 32.2. The summed E-state index contributed by atoms with van der Waals surface area (Å²) in [5, 5.41) is 14.0. The number of fused-ring (bicyclic) bond motifs is 25. The summed E-state index contributed by atoms with van der Waals surface area (Å²) in [4.78, 5) is 5.14. The number of nitrogens with zero attached hydrogens (tertiary/aromatic N) is 6. The number of benzene rings is 15. The summed E-state index contributed by atoms with van der Waals surface area (Å²) < 4.78 is 30.6. The molecule has 1 N–H and O–H groups in total. The summed E-state index contributed by atoms with van der Waals surface area (Å²) in [6, 6.07) is 117. The number of para-hydroxylation sites is 8. The topological polar surface area (TPSA) is 55.0 Å². The lowest BCUT2D eigenvalue weighted by Gasteiger charge is -2.43. The molecule has 0 aliphatic carbocycles. The van der Waals surface area contributed by atoms with E-state index in [0.717, 1.165) is 124 Å². The maximum atomic E-state index is 7.83. The van der Waals surface area contributed by atoms with Crippen molar-refractivity contribution in [2.75, 3.05) is 25.7 Å². The quantitative estimate of drug-likeness (QED) is 0.131. The monoisotopic (exact) mass is 1460 g/mol. The molecule has 0 bridgehead atoms. The number of thiophene rings is 2. The van der Waals surface area contributed by atoms with E-state index in [1.165, 1.54) is 106 Å². The van der Waals surface area contributed by atoms with Crippen LogP contribution in [0.4, 0.5) is 56.9 Å². The Morgan fingerprint density at radius 1 is 0.291 bits per heavy atom. The van der Waals surface area contributed by atoms with Gasteiger partial charge in [-0.05, 0) is 142 Å². The molecule has 9 nitrogen and oxygen atoms in total. The van der Waals surface area contributed by atoms with Gasteiger partial charge in [0.15, 0.2) is 0 Å². The van der Waals surface area contributed by atoms with Gasteiger partial charge in [-0.15, -0.1) is 22.7 Å². The van der Waals surface area contributed by atoms with Crippen LogP contribution in [0.15, 0.2) is 315 Å². The predicted molar refractivity (Wildman–Crippen MR) is 468 cm³/mol. The van der Waals surface area contributed by atoms with Gasteiger partial charge < -0.3 is 38.3 Å². The Morgan fingerprint density at radius 3 is 1.15 bits per heavy atom. The van der Waals surface area contributed by atoms with Crippen molar-refractivity contribution in [1.82, 2.24) is 13.7 Å². The van der Waals surface area contributed by atoms with E-state index < -0.39 is 0 Å². The molecule has 0 atom stereocenters. The number of aromatic nitrogens is 3. The molecule has 26 rings (SSSR count). The Morgan fingerprint density at radius 2 is 0.673 bits per heavy atom. The minimum Gasteiger partial charge on any atom is -0.458 e. The number of hydrogen-bond donors (Lipinski definition) is 1. The smallest absolute Gasteiger partial charge is 0.264 e. The van der Waals surface area contributed by atoms with Gasteiger partial charge in [0, 0.05) is 132 Å². The van der Waals surface area contributed by atoms with Crippen molar-refractivity contribution < 1.29 is 9.47 Å². The highest BCUT2D eigenvalue weighted by molar-refractivity contribution is 8.00. The third-order valence-electron chi connectivity index (χ3n) is 24.3. The fraction of sp³-hybridized carbons (Fsp3) is 0.0105. The average Bonchev–Trinajstić information content (AvgIpc) is 1.14. The van der Waals surface area contributed by atoms with E-state index in [1.807, 2.05) is 22.7 Å². The van der Waals surface area contributed by atoms with Gasteiger partial charge in [-0.3, -0.25) is 4.31 Å². The molecule has 0 saturated carbocycles. The van der Waals surface area contributed by atoms with Crippen LogP contribution in [-0.4, -0.2) is 40.1 Å². The van der Waals surface area contributed by atoms with Crippen LogP contribution < -0.4 is 76.7 Å². The Labute approximate surface area is 644 Å². The first kappa shape index (κ1) is 60.0. The van der Waals surface area contributed by atoms with Crippen LogP contribution in [0.5, 0.6) is 23.0 Å². The molecule has 6 aliphatic rings. The summed E-state index contributed by atoms with van der Waals surface area (Å²) >= 11 is 5.60. The van der Waals surface area contributed by atoms with E-state index in [2.05, 4.69) is 355 Å². The number of nitrogens with one attached hydrogen (secondary N) is 1. The zero-order valence-electron chi connectivity index (χ0n) is 59.0. The molecule has 110 heavy (non-hydrogen) atoms. The van der Waals surface area contributed by atoms with Gasteiger partial charge in [0.1, 0.15) is 23.0 Å². The second-order valence-electron chi connectivity index (χ2n) is 29.8. The normalized spacial score (nSPS) is 13.8. The van der Waals surface area contributed by atoms with Crippen LogP contribution in [0.2, 0.25) is 0 Å². The minimum atomic E-state index is -0.326. The van der Waals surface area contributed by atoms with Crippen LogP contribution in [-0.2, 0) is 0 Å². The Kier molecular flexibility index (Phi) is 12.1. The van der Waals surface area contributed by atoms with E-state index in [0.29, 0.717) is 0 Å². The van der Waals surface area contributed by atoms with Crippen LogP contribution in [0.3, 0.4) is 0 Å². The maximum Gasteiger partial charge on any atom is 0.264 e. The molecular weight excluding hydrogens is 1400 g/mol. The average molecular weight is 1460 g/mol. The molecule has 0 unspecified atom stereocenters. The second kappa shape index (κ2) is 22.1. The lowest BCUT2D eigenvalue weighted by atomic mass is 9.31. The molecule has 11 heterocycles. The molecule has 0 amide bonds. The molecule has 0 radical (unpaired) electrons. The number of rotatable bonds is 6. The Balaban J connectivity index is 0.739. The van der Waals surface area contributed by atoms with Crippen LogP contribution >= 0.6 is 34.6 Å². The van der Waals surface area contributed by atoms with Crippen molar-refractivity contribution >= 4 is 245 Å². The first-order valence-corrected chi connectivity index (χ1v) is 40.4. The standard InChI is InChI=1S/C95H56B3N7O2S3/c1-108-105-79-53-84-70(51-68(79)98-90-81(104(55-26-6-3-7-27-55)93-66-35-15-23-43-88(66)110-95(93)98)46-57(47-82(90)105)101-75-38-18-10-30-61(75)62-31-11-19-39-76(62)101)96-69-50-67-71(52-83(69)106-85-48-58(49-86(107-84)91(85)96)102-77-40-20-12-32-63(77)64-33-13-21-41-78(64)102)99-72-44-56(100-73-36-16-8-28-59(73)60-29-9-17-37-74(60)100)45-80-89(72)97(67)94-92(65-34-14-22-42-87(65)109-94)103(80)54-24-4-2-5-25-54/h2-53,99H,1H3. The summed E-state index contributed by atoms with van der Waals surface area (Å²) in [7, 11) is 0. The van der Waals surface area contributed by atoms with E-state index in [-0.39, 0.29) is 20.1 Å². The van der Waals surface area contributed by atoms with E-state index in [4.69, 9.17) is 9.47 Å². The predicted octanol–water partition coefficient (Wildman–Crippen LogP) is 19.5. The maximum absolute atomic E-state index is 7.83. The van der Waals surface area contributed by atoms with Crippen LogP contribution in [0, 0.1) is 0 Å². The summed E-state index contributed by atoms with van der Waals surface area (Å²) in [6.07, 6.45) is 2.24. The fourth-order valence-electron chi connectivity index (χ4n) is 20.0. The molecule has 0 fully saturated rings. The molecule has 0 saturated heterocycles. The summed E-state index contributed by atoms with van der Waals surface area (Å²) in [5.74, 6) is 3.18. The second-order valence-corrected chi connectivity index (χ2v) is 32.7. The summed E-state index contributed by atoms with van der Waals surface area (Å²) in [5.41, 5.74) is 29.5. The van der Waals surface area contributed by atoms with E-state index >= 15 is 0 Å². The lowest BCUT2D eigenvalue weighted by molar-refractivity contribution is 0.464. The molecular formula is C95H56B3N7O2S3. The van der Waals surface area contributed by atoms with Gasteiger partial charge in [-0.25, -0.2) is 0 Å². The van der Waals surface area contributed by atoms with Crippen molar-refractivity contribution in [3.8, 4) is 40.1 Å². The first-order valence-electron chi connectivity index (χ1n) is 37.6. The van der Waals surface area contributed by atoms with Crippen molar-refractivity contribution in [2.24, 2.45) is 0 Å². The fourth-order valence-corrected chi connectivity index (χ4v) is 23.4. The SMILES string of the molecule is CSN1c2cc3c(cc2B2c4sc5ccccc5c4N(c4ccccc4)c4cc(-n5c6ccccc6c6ccccc65)cc1c42)B1c2cc4c(cc2Oc2cc(-n5c6ccccc6c6ccccc65)cc(c21)O3)Nc1cc(-n2c3ccccc3c3ccccc32)cc2c1B4c1sc3ccccc3c1N2c1ccccc1. The van der Waals surface area contributed by atoms with Crippen LogP contribution in [0.25, 0.3) is 103 Å². The third-order valence-corrected chi connectivity index (χ3v) is 27.5. The minimum absolute atomic E-state index is 0.166. The van der Waals surface area contributed by atoms with E-state index in [1.54, 1.807) is 11.9 Å². The van der Waals surface area contributed by atoms with Gasteiger partial charge in [-0.2, -0.15) is 0 Å². The van der Waals surface area contributed by atoms with Gasteiger partial charge in [0.25, 0.3) is 20.1 Å². The molecule has 15 heteroatoms. The highest BCUT2D eigenvalue weighted by Gasteiger charge is 2.51. The van der Waals surface area contributed by atoms with Crippen molar-refractivity contribution in [1.29, 1.82) is 0 Å². The summed E-state index contributed by atoms with van der Waals surface area (Å²) in [6.45, 7) is -0.661. The number of ether oxygens (including phenoxy) is 2. The van der Waals surface area contributed by atoms with Gasteiger partial charge in [0.05, 0.1) is 72.9 Å². The van der Waals surface area contributed by atoms with Gasteiger partial charge in [-0.1, -0.05) is 194 Å². The number of hydrogen-bond acceptors (Lipinski definition) is 9. The zero-order valence-corrected chi connectivity index (χ0v) is 61.4. The number of anilines is 10. The van der Waals surface area contributed by atoms with Gasteiger partial charge in [0.2, 0.25) is 0 Å². The van der Waals surface area contributed by atoms with Crippen molar-refractivity contribution in [2.45, 2.75) is 0 Å². The van der Waals surface area contributed by atoms with Gasteiger partial charge >= 0.3 is 0 Å². The molecule has 510 valence electrons. The van der Waals surface area contributed by atoms with Crippen LogP contribution in [0.1, 0.15) is 0 Å². The zero-order chi connectivity index (χ0) is 71.5. The highest BCUT2D eigenvalue weighted by Crippen LogP contribution is 2.53. The Bertz CT molecular complexity index is 7370. The van der Waals surface area contributed by atoms with Crippen molar-refractivity contribution in [3.05, 3.63) is 315 Å². The molecule has 15 aromatic carbocycles. The Hall–Kier alpha value is -13.0. The lowest BCUT2D eigenvalue weighted by Crippen LogP contribution is -2.64. The molecule has 0 spiro atoms. The largest absolute Gasteiger partial charge is 0.458 e. The molecule has 5 aromatic heterocycles. The molecule has 6 aliphatic heterocycles. The van der Waals surface area contributed by atoms with Crippen molar-refractivity contribution in [3.63, 3.8) is 0 Å². The third kappa shape index (κ3) is 7.94. The first-order chi connectivity index (χ1) is 54.5.